The molecule has 72 heavy (non-hydrogen) atoms. The summed E-state index contributed by atoms with van der Waals surface area (Å²) in [5, 5.41) is 30.1. The molecule has 404 valence electrons. The Labute approximate surface area is 425 Å². The van der Waals surface area contributed by atoms with Crippen molar-refractivity contribution < 1.29 is 67.6 Å². The van der Waals surface area contributed by atoms with E-state index in [1.165, 1.54) is 51.8 Å². The lowest BCUT2D eigenvalue weighted by Gasteiger charge is -2.36. The van der Waals surface area contributed by atoms with Crippen LogP contribution >= 0.6 is 0 Å². The molecule has 1 aromatic carbocycles. The van der Waals surface area contributed by atoms with Crippen LogP contribution in [-0.2, 0) is 59.0 Å². The van der Waals surface area contributed by atoms with Gasteiger partial charge in [0.1, 0.15) is 48.2 Å². The number of aliphatic hydroxyl groups is 2. The van der Waals surface area contributed by atoms with Gasteiger partial charge in [-0.15, -0.1) is 0 Å². The molecule has 12 atom stereocenters. The Bertz CT molecular complexity index is 2060. The Kier molecular flexibility index (Phi) is 23.1. The summed E-state index contributed by atoms with van der Waals surface area (Å²) < 4.78 is 17.1. The summed E-state index contributed by atoms with van der Waals surface area (Å²) >= 11 is 0. The van der Waals surface area contributed by atoms with E-state index in [9.17, 15) is 53.4 Å². The summed E-state index contributed by atoms with van der Waals surface area (Å²) in [5.41, 5.74) is 0.582. The number of methoxy groups -OCH3 is 1. The number of fused-ring (bicyclic) bond motifs is 1. The second-order valence-electron chi connectivity index (χ2n) is 20.8. The van der Waals surface area contributed by atoms with Crippen LogP contribution in [0.2, 0.25) is 0 Å². The number of cyclic esters (lactones) is 2. The molecule has 0 aromatic heterocycles. The van der Waals surface area contributed by atoms with Crippen LogP contribution in [0.25, 0.3) is 0 Å². The fraction of sp³-hybridized carbons (Fsp3) is 0.712. The maximum absolute atomic E-state index is 14.8. The summed E-state index contributed by atoms with van der Waals surface area (Å²) in [4.78, 5) is 132. The van der Waals surface area contributed by atoms with Gasteiger partial charge >= 0.3 is 11.9 Å². The molecule has 0 aliphatic carbocycles. The maximum atomic E-state index is 14.8. The van der Waals surface area contributed by atoms with Gasteiger partial charge in [0.05, 0.1) is 31.6 Å². The highest BCUT2D eigenvalue weighted by molar-refractivity contribution is 6.05. The normalized spacial score (nSPS) is 27.1. The number of amides is 6. The standard InChI is InChI=1S/C52H82N6O14/c1-15-30(8)42-40(60)26-41(61)72-45(29(6)7)44(62)31(9)46(63)53-36(23-27(2)3)50(67)58-22-16-17-37(58)51(68)57(13)39(25-34-18-20-35(70-14)21-19-34)52(69)71-33(11)43(48(65)54-42)55-47(64)38(24-28(4)5)56(12)49(66)32(10)59/h18-21,27-33,36-40,42-43,45,59-60H,15-17,22-26H2,1-14H3,(H,53,63)(H,54,65)(H,55,64)/t30?,31?,32?,33-,36+,37+,38+,39+,40?,42?,43+,45?/m1/s1. The molecular weight excluding hydrogens is 933 g/mol. The zero-order valence-electron chi connectivity index (χ0n) is 44.8. The van der Waals surface area contributed by atoms with Crippen molar-refractivity contribution in [3.8, 4) is 5.75 Å². The van der Waals surface area contributed by atoms with Gasteiger partial charge in [0.25, 0.3) is 5.91 Å². The average Bonchev–Trinajstić information content (AvgIpc) is 3.82. The van der Waals surface area contributed by atoms with Crippen molar-refractivity contribution in [1.82, 2.24) is 30.7 Å². The van der Waals surface area contributed by atoms with Crippen LogP contribution in [0.3, 0.4) is 0 Å². The molecule has 2 fully saturated rings. The molecule has 0 bridgehead atoms. The van der Waals surface area contributed by atoms with Gasteiger partial charge in [-0.1, -0.05) is 73.9 Å². The van der Waals surface area contributed by atoms with E-state index in [2.05, 4.69) is 16.0 Å². The molecule has 0 radical (unpaired) electrons. The molecule has 2 saturated heterocycles. The van der Waals surface area contributed by atoms with Crippen molar-refractivity contribution in [3.05, 3.63) is 29.8 Å². The third-order valence-electron chi connectivity index (χ3n) is 13.7. The smallest absolute Gasteiger partial charge is 0.329 e. The quantitative estimate of drug-likeness (QED) is 0.132. The lowest BCUT2D eigenvalue weighted by molar-refractivity contribution is -0.163. The summed E-state index contributed by atoms with van der Waals surface area (Å²) in [6.07, 6.45) is -5.64. The van der Waals surface area contributed by atoms with Gasteiger partial charge < -0.3 is 55.1 Å². The summed E-state index contributed by atoms with van der Waals surface area (Å²) in [7, 11) is 4.23. The molecule has 1 aromatic rings. The number of ether oxygens (including phenoxy) is 3. The monoisotopic (exact) mass is 1010 g/mol. The highest BCUT2D eigenvalue weighted by Crippen LogP contribution is 2.26. The third kappa shape index (κ3) is 16.2. The first-order chi connectivity index (χ1) is 33.6. The number of nitrogens with zero attached hydrogens (tertiary/aromatic N) is 3. The number of likely N-dealkylation sites (N-methyl/N-ethyl adjacent to an activating group) is 2. The maximum Gasteiger partial charge on any atom is 0.329 e. The van der Waals surface area contributed by atoms with E-state index in [0.717, 1.165) is 4.90 Å². The van der Waals surface area contributed by atoms with Gasteiger partial charge in [0.15, 0.2) is 11.9 Å². The van der Waals surface area contributed by atoms with Crippen LogP contribution in [0, 0.1) is 29.6 Å². The Morgan fingerprint density at radius 3 is 2.07 bits per heavy atom. The van der Waals surface area contributed by atoms with E-state index in [4.69, 9.17) is 14.2 Å². The Morgan fingerprint density at radius 2 is 1.53 bits per heavy atom. The van der Waals surface area contributed by atoms with Crippen molar-refractivity contribution in [2.45, 2.75) is 182 Å². The first kappa shape index (κ1) is 60.7. The fourth-order valence-electron chi connectivity index (χ4n) is 9.05. The summed E-state index contributed by atoms with van der Waals surface area (Å²) in [6.45, 7) is 18.1. The average molecular weight is 1020 g/mol. The van der Waals surface area contributed by atoms with Gasteiger partial charge in [-0.25, -0.2) is 4.79 Å². The molecule has 2 heterocycles. The van der Waals surface area contributed by atoms with Crippen molar-refractivity contribution in [2.75, 3.05) is 27.7 Å². The Balaban J connectivity index is 2.29. The van der Waals surface area contributed by atoms with Crippen LogP contribution in [0.5, 0.6) is 5.75 Å². The SMILES string of the molecule is CCC(C)C1NC(=O)[C@@H](NC(=O)[C@H](CC(C)C)N(C)C(=O)C(C)O)[C@@H](C)OC(=O)[C@H](Cc2ccc(OC)cc2)N(C)C(=O)[C@@H]2CCCN2C(=O)[C@H](CC(C)C)NC(=O)C(C)C(=O)C(C(C)C)OC(=O)CC1O. The largest absolute Gasteiger partial charge is 0.497 e. The molecule has 0 saturated carbocycles. The fourth-order valence-corrected chi connectivity index (χ4v) is 9.05. The van der Waals surface area contributed by atoms with E-state index in [-0.39, 0.29) is 44.1 Å². The number of nitrogens with one attached hydrogen (secondary N) is 3. The Morgan fingerprint density at radius 1 is 0.903 bits per heavy atom. The molecular formula is C52H82N6O14. The zero-order chi connectivity index (χ0) is 54.5. The summed E-state index contributed by atoms with van der Waals surface area (Å²) in [6, 6.07) is -1.03. The van der Waals surface area contributed by atoms with Crippen LogP contribution in [0.15, 0.2) is 24.3 Å². The lowest BCUT2D eigenvalue weighted by atomic mass is 9.91. The minimum absolute atomic E-state index is 0.0955. The van der Waals surface area contributed by atoms with E-state index >= 15 is 0 Å². The number of Topliss-reactive ketones (excluding diaryl/α,β-unsaturated/α-hetero) is 1. The van der Waals surface area contributed by atoms with E-state index in [1.54, 1.807) is 52.0 Å². The number of carbonyl (C=O) groups is 9. The number of ketones is 1. The molecule has 6 amide bonds. The number of benzene rings is 1. The third-order valence-corrected chi connectivity index (χ3v) is 13.7. The van der Waals surface area contributed by atoms with Crippen LogP contribution in [0.1, 0.15) is 120 Å². The van der Waals surface area contributed by atoms with E-state index in [0.29, 0.717) is 24.2 Å². The predicted octanol–water partition coefficient (Wildman–Crippen LogP) is 2.33. The molecule has 2 aliphatic heterocycles. The number of aliphatic hydroxyl groups excluding tert-OH is 2. The zero-order valence-corrected chi connectivity index (χ0v) is 44.8. The molecule has 5 N–H and O–H groups in total. The summed E-state index contributed by atoms with van der Waals surface area (Å²) in [5.74, 6) is -9.61. The van der Waals surface area contributed by atoms with Gasteiger partial charge in [-0.2, -0.15) is 0 Å². The van der Waals surface area contributed by atoms with Gasteiger partial charge in [0.2, 0.25) is 29.5 Å². The number of esters is 2. The second-order valence-corrected chi connectivity index (χ2v) is 20.8. The number of hydrogen-bond acceptors (Lipinski definition) is 14. The number of carbonyl (C=O) groups excluding carboxylic acids is 9. The first-order valence-electron chi connectivity index (χ1n) is 25.3. The molecule has 2 aliphatic rings. The highest BCUT2D eigenvalue weighted by atomic mass is 16.6. The number of rotatable bonds is 14. The molecule has 6 unspecified atom stereocenters. The van der Waals surface area contributed by atoms with Crippen LogP contribution < -0.4 is 20.7 Å². The minimum Gasteiger partial charge on any atom is -0.497 e. The number of hydrogen-bond donors (Lipinski definition) is 5. The predicted molar refractivity (Wildman–Crippen MR) is 265 cm³/mol. The topological polar surface area (TPSA) is 268 Å². The second kappa shape index (κ2) is 27.4. The van der Waals surface area contributed by atoms with Crippen molar-refractivity contribution >= 4 is 53.2 Å². The highest BCUT2D eigenvalue weighted by Gasteiger charge is 2.45. The van der Waals surface area contributed by atoms with Crippen LogP contribution in [-0.4, -0.2) is 166 Å². The molecule has 20 nitrogen and oxygen atoms in total. The van der Waals surface area contributed by atoms with Crippen molar-refractivity contribution in [2.24, 2.45) is 29.6 Å². The van der Waals surface area contributed by atoms with Gasteiger partial charge in [-0.05, 0) is 87.8 Å². The molecule has 20 heteroatoms. The molecule has 0 spiro atoms. The minimum atomic E-state index is -1.73. The van der Waals surface area contributed by atoms with Crippen molar-refractivity contribution in [1.29, 1.82) is 0 Å². The van der Waals surface area contributed by atoms with E-state index in [1.807, 2.05) is 27.7 Å². The van der Waals surface area contributed by atoms with Gasteiger partial charge in [0, 0.05) is 27.1 Å². The van der Waals surface area contributed by atoms with E-state index < -0.39 is 138 Å². The Hall–Kier alpha value is -5.63. The van der Waals surface area contributed by atoms with Crippen LogP contribution in [0.4, 0.5) is 0 Å². The lowest BCUT2D eigenvalue weighted by Crippen LogP contribution is -2.62. The first-order valence-corrected chi connectivity index (χ1v) is 25.3. The molecule has 3 rings (SSSR count). The van der Waals surface area contributed by atoms with Crippen molar-refractivity contribution in [3.63, 3.8) is 0 Å². The van der Waals surface area contributed by atoms with Gasteiger partial charge in [-0.3, -0.25) is 38.4 Å².